The smallest absolute Gasteiger partial charge is 0.289 e. The maximum absolute atomic E-state index is 15.5. The van der Waals surface area contributed by atoms with Crippen molar-refractivity contribution in [1.29, 1.82) is 0 Å². The van der Waals surface area contributed by atoms with E-state index in [0.29, 0.717) is 14.8 Å². The number of carbonyl (C=O) groups excluding carboxylic acids is 1. The maximum Gasteiger partial charge on any atom is 0.289 e. The predicted octanol–water partition coefficient (Wildman–Crippen LogP) is 3.09. The summed E-state index contributed by atoms with van der Waals surface area (Å²) in [5.74, 6) is -2.23. The van der Waals surface area contributed by atoms with Crippen LogP contribution in [-0.4, -0.2) is 43.2 Å². The number of aromatic nitrogens is 3. The molecule has 0 radical (unpaired) electrons. The molecule has 10 nitrogen and oxygen atoms in total. The number of aliphatic hydroxyl groups is 2. The number of pyridine rings is 1. The fourth-order valence-electron chi connectivity index (χ4n) is 4.33. The highest BCUT2D eigenvalue weighted by Crippen LogP contribution is 2.34. The van der Waals surface area contributed by atoms with Crippen molar-refractivity contribution in [2.24, 2.45) is 13.0 Å². The van der Waals surface area contributed by atoms with E-state index in [2.05, 4.69) is 15.7 Å². The number of fused-ring (bicyclic) bond motifs is 1. The topological polar surface area (TPSA) is 138 Å². The van der Waals surface area contributed by atoms with E-state index in [9.17, 15) is 29.0 Å². The molecule has 1 aliphatic rings. The molecule has 40 heavy (non-hydrogen) atoms. The largest absolute Gasteiger partial charge is 0.394 e. The Morgan fingerprint density at radius 2 is 1.93 bits per heavy atom. The van der Waals surface area contributed by atoms with Crippen molar-refractivity contribution in [1.82, 2.24) is 14.3 Å². The summed E-state index contributed by atoms with van der Waals surface area (Å²) in [6.07, 6.45) is 0.239. The highest BCUT2D eigenvalue weighted by molar-refractivity contribution is 14.1. The molecule has 1 amide bonds. The van der Waals surface area contributed by atoms with Crippen LogP contribution in [0.3, 0.4) is 0 Å². The number of benzene rings is 2. The van der Waals surface area contributed by atoms with Crippen LogP contribution in [0.4, 0.5) is 25.8 Å². The number of nitrogens with zero attached hydrogens (tertiary/aromatic N) is 3. The minimum Gasteiger partial charge on any atom is -0.394 e. The van der Waals surface area contributed by atoms with Gasteiger partial charge < -0.3 is 25.4 Å². The molecule has 0 spiro atoms. The zero-order chi connectivity index (χ0) is 28.7. The Hall–Kier alpha value is -3.69. The van der Waals surface area contributed by atoms with Crippen LogP contribution >= 0.6 is 22.6 Å². The summed E-state index contributed by atoms with van der Waals surface area (Å²) in [5, 5.41) is 28.9. The number of halogens is 3. The summed E-state index contributed by atoms with van der Waals surface area (Å²) in [5.41, 5.74) is -1.86. The number of aryl methyl sites for hydroxylation is 1. The first-order chi connectivity index (χ1) is 19.1. The van der Waals surface area contributed by atoms with Crippen LogP contribution in [0.5, 0.6) is 0 Å². The summed E-state index contributed by atoms with van der Waals surface area (Å²) < 4.78 is 32.6. The van der Waals surface area contributed by atoms with Gasteiger partial charge in [-0.25, -0.2) is 9.07 Å². The fraction of sp³-hybridized carbons (Fsp3) is 0.259. The summed E-state index contributed by atoms with van der Waals surface area (Å²) >= 11 is 1.91. The molecule has 208 valence electrons. The van der Waals surface area contributed by atoms with Crippen molar-refractivity contribution >= 4 is 56.5 Å². The van der Waals surface area contributed by atoms with Crippen LogP contribution in [0, 0.1) is 21.1 Å². The predicted molar refractivity (Wildman–Crippen MR) is 153 cm³/mol. The Bertz CT molecular complexity index is 1770. The lowest BCUT2D eigenvalue weighted by Crippen LogP contribution is -2.34. The highest BCUT2D eigenvalue weighted by Gasteiger charge is 2.30. The second kappa shape index (κ2) is 11.1. The van der Waals surface area contributed by atoms with Crippen LogP contribution in [0.1, 0.15) is 12.8 Å². The minimum absolute atomic E-state index is 0.0507. The molecule has 2 aromatic heterocycles. The second-order valence-electron chi connectivity index (χ2n) is 9.54. The molecule has 4 N–H and O–H groups in total. The molecule has 1 aliphatic carbocycles. The summed E-state index contributed by atoms with van der Waals surface area (Å²) in [6.45, 7) is -1.12. The Balaban J connectivity index is 1.78. The second-order valence-corrected chi connectivity index (χ2v) is 10.8. The SMILES string of the molecule is Cn1c(=O)c(F)c(Nc2ccc(I)cc2F)c2c(=O)n(CC(O)CO)nc(-c3cccc(NC(=O)C4CC4)c3)c21. The maximum atomic E-state index is 15.5. The van der Waals surface area contributed by atoms with Crippen LogP contribution in [0.15, 0.2) is 52.1 Å². The van der Waals surface area contributed by atoms with Crippen LogP contribution in [0.25, 0.3) is 22.2 Å². The quantitative estimate of drug-likeness (QED) is 0.213. The van der Waals surface area contributed by atoms with Crippen molar-refractivity contribution in [3.05, 3.63) is 78.4 Å². The molecule has 1 fully saturated rings. The van der Waals surface area contributed by atoms with Gasteiger partial charge in [0.1, 0.15) is 11.5 Å². The van der Waals surface area contributed by atoms with Crippen LogP contribution in [-0.2, 0) is 18.4 Å². The molecule has 2 aromatic carbocycles. The third-order valence-electron chi connectivity index (χ3n) is 6.56. The zero-order valence-corrected chi connectivity index (χ0v) is 23.3. The number of aliphatic hydroxyl groups excluding tert-OH is 2. The number of rotatable bonds is 8. The lowest BCUT2D eigenvalue weighted by atomic mass is 10.1. The van der Waals surface area contributed by atoms with Gasteiger partial charge in [-0.15, -0.1) is 0 Å². The van der Waals surface area contributed by atoms with Gasteiger partial charge in [-0.3, -0.25) is 14.4 Å². The molecule has 1 unspecified atom stereocenters. The van der Waals surface area contributed by atoms with E-state index in [1.54, 1.807) is 30.3 Å². The first-order valence-electron chi connectivity index (χ1n) is 12.3. The van der Waals surface area contributed by atoms with E-state index in [1.807, 2.05) is 22.6 Å². The van der Waals surface area contributed by atoms with Crippen molar-refractivity contribution in [2.75, 3.05) is 17.2 Å². The molecular formula is C27H24F2IN5O5. The highest BCUT2D eigenvalue weighted by atomic mass is 127. The van der Waals surface area contributed by atoms with Gasteiger partial charge in [0.2, 0.25) is 11.7 Å². The molecule has 2 heterocycles. The van der Waals surface area contributed by atoms with Crippen molar-refractivity contribution in [3.63, 3.8) is 0 Å². The van der Waals surface area contributed by atoms with Crippen LogP contribution in [0.2, 0.25) is 0 Å². The van der Waals surface area contributed by atoms with Gasteiger partial charge in [-0.2, -0.15) is 9.49 Å². The molecule has 0 saturated heterocycles. The van der Waals surface area contributed by atoms with Gasteiger partial charge in [0.05, 0.1) is 41.5 Å². The zero-order valence-electron chi connectivity index (χ0n) is 21.1. The van der Waals surface area contributed by atoms with E-state index in [1.165, 1.54) is 19.2 Å². The van der Waals surface area contributed by atoms with Crippen molar-refractivity contribution < 1.29 is 23.8 Å². The number of hydrogen-bond donors (Lipinski definition) is 4. The summed E-state index contributed by atoms with van der Waals surface area (Å²) in [6, 6.07) is 10.7. The average molecular weight is 663 g/mol. The van der Waals surface area contributed by atoms with Gasteiger partial charge in [0, 0.05) is 27.8 Å². The monoisotopic (exact) mass is 663 g/mol. The first kappa shape index (κ1) is 27.9. The molecule has 4 aromatic rings. The number of amides is 1. The van der Waals surface area contributed by atoms with Gasteiger partial charge in [-0.1, -0.05) is 12.1 Å². The van der Waals surface area contributed by atoms with E-state index in [0.717, 1.165) is 22.1 Å². The molecule has 5 rings (SSSR count). The molecule has 0 aliphatic heterocycles. The van der Waals surface area contributed by atoms with Crippen LogP contribution < -0.4 is 21.8 Å². The third kappa shape index (κ3) is 5.36. The molecule has 13 heteroatoms. The average Bonchev–Trinajstić information content (AvgIpc) is 3.78. The summed E-state index contributed by atoms with van der Waals surface area (Å²) in [7, 11) is 1.28. The number of anilines is 3. The fourth-order valence-corrected chi connectivity index (χ4v) is 4.79. The Labute approximate surface area is 239 Å². The Kier molecular flexibility index (Phi) is 7.70. The van der Waals surface area contributed by atoms with E-state index in [-0.39, 0.29) is 34.1 Å². The third-order valence-corrected chi connectivity index (χ3v) is 7.24. The van der Waals surface area contributed by atoms with E-state index >= 15 is 4.39 Å². The molecule has 0 bridgehead atoms. The minimum atomic E-state index is -1.37. The van der Waals surface area contributed by atoms with Gasteiger partial charge >= 0.3 is 0 Å². The van der Waals surface area contributed by atoms with E-state index in [4.69, 9.17) is 0 Å². The number of nitrogens with one attached hydrogen (secondary N) is 2. The summed E-state index contributed by atoms with van der Waals surface area (Å²) in [4.78, 5) is 39.0. The number of carbonyl (C=O) groups is 1. The lowest BCUT2D eigenvalue weighted by Gasteiger charge is -2.19. The first-order valence-corrected chi connectivity index (χ1v) is 13.4. The van der Waals surface area contributed by atoms with Gasteiger partial charge in [0.25, 0.3) is 11.1 Å². The Morgan fingerprint density at radius 3 is 2.60 bits per heavy atom. The lowest BCUT2D eigenvalue weighted by molar-refractivity contribution is -0.117. The standard InChI is InChI=1S/C27H24F2IN5O5/c1-34-24-20(23(21(29)27(34)40)32-19-8-7-15(30)10-18(19)28)26(39)35(11-17(37)12-36)33-22(24)14-3-2-4-16(9-14)31-25(38)13-5-6-13/h2-4,7-10,13,17,32,36-37H,5-6,11-12H2,1H3,(H,31,38). The number of hydrogen-bond acceptors (Lipinski definition) is 7. The van der Waals surface area contributed by atoms with E-state index < -0.39 is 47.7 Å². The molecular weight excluding hydrogens is 639 g/mol. The van der Waals surface area contributed by atoms with Gasteiger partial charge in [0.15, 0.2) is 0 Å². The van der Waals surface area contributed by atoms with Gasteiger partial charge in [-0.05, 0) is 65.8 Å². The Morgan fingerprint density at radius 1 is 1.18 bits per heavy atom. The van der Waals surface area contributed by atoms with Crippen molar-refractivity contribution in [3.8, 4) is 11.3 Å². The molecule has 1 atom stereocenters. The van der Waals surface area contributed by atoms with Crippen molar-refractivity contribution in [2.45, 2.75) is 25.5 Å². The molecule has 1 saturated carbocycles. The normalized spacial score (nSPS) is 13.8.